The summed E-state index contributed by atoms with van der Waals surface area (Å²) in [5.41, 5.74) is 8.18. The van der Waals surface area contributed by atoms with Gasteiger partial charge in [-0.25, -0.2) is 4.39 Å². The number of nitrogens with two attached hydrogens (primary N) is 1. The van der Waals surface area contributed by atoms with E-state index in [1.165, 1.54) is 12.1 Å². The van der Waals surface area contributed by atoms with Crippen molar-refractivity contribution in [3.8, 4) is 0 Å². The lowest BCUT2D eigenvalue weighted by Gasteiger charge is -2.17. The number of halogens is 1. The van der Waals surface area contributed by atoms with Crippen LogP contribution in [0.25, 0.3) is 0 Å². The summed E-state index contributed by atoms with van der Waals surface area (Å²) in [6.07, 6.45) is 0.263. The number of hydrogen-bond acceptors (Lipinski definition) is 2. The lowest BCUT2D eigenvalue weighted by molar-refractivity contribution is -0.129. The zero-order valence-electron chi connectivity index (χ0n) is 11.3. The quantitative estimate of drug-likeness (QED) is 0.870. The van der Waals surface area contributed by atoms with Crippen LogP contribution in [0.2, 0.25) is 0 Å². The molecule has 4 heteroatoms. The van der Waals surface area contributed by atoms with Gasteiger partial charge < -0.3 is 10.6 Å². The van der Waals surface area contributed by atoms with Crippen molar-refractivity contribution in [1.29, 1.82) is 0 Å². The molecular formula is C16H17FN2O. The number of carbonyl (C=O) groups is 1. The van der Waals surface area contributed by atoms with Crippen LogP contribution in [0.15, 0.2) is 48.5 Å². The zero-order valence-corrected chi connectivity index (χ0v) is 11.3. The summed E-state index contributed by atoms with van der Waals surface area (Å²) in [7, 11) is 1.75. The molecule has 0 heterocycles. The van der Waals surface area contributed by atoms with Crippen LogP contribution in [0, 0.1) is 5.82 Å². The number of benzene rings is 2. The van der Waals surface area contributed by atoms with Gasteiger partial charge in [0.2, 0.25) is 5.91 Å². The molecule has 0 atom stereocenters. The van der Waals surface area contributed by atoms with Crippen molar-refractivity contribution in [1.82, 2.24) is 4.90 Å². The van der Waals surface area contributed by atoms with E-state index in [1.807, 2.05) is 24.3 Å². The number of amides is 1. The number of hydrogen-bond donors (Lipinski definition) is 1. The van der Waals surface area contributed by atoms with Gasteiger partial charge >= 0.3 is 0 Å². The van der Waals surface area contributed by atoms with Gasteiger partial charge in [0.05, 0.1) is 6.42 Å². The Morgan fingerprint density at radius 2 is 1.85 bits per heavy atom. The minimum absolute atomic E-state index is 0.0148. The van der Waals surface area contributed by atoms with Crippen LogP contribution >= 0.6 is 0 Å². The Bertz CT molecular complexity index is 596. The van der Waals surface area contributed by atoms with Crippen molar-refractivity contribution in [2.75, 3.05) is 12.8 Å². The SMILES string of the molecule is CN(Cc1cccc(N)c1)C(=O)Cc1ccc(F)cc1. The van der Waals surface area contributed by atoms with Crippen LogP contribution in [-0.4, -0.2) is 17.9 Å². The van der Waals surface area contributed by atoms with E-state index in [0.717, 1.165) is 11.1 Å². The fourth-order valence-corrected chi connectivity index (χ4v) is 1.97. The van der Waals surface area contributed by atoms with E-state index in [9.17, 15) is 9.18 Å². The Balaban J connectivity index is 1.96. The van der Waals surface area contributed by atoms with Gasteiger partial charge in [0.15, 0.2) is 0 Å². The molecule has 104 valence electrons. The molecule has 0 saturated heterocycles. The highest BCUT2D eigenvalue weighted by atomic mass is 19.1. The largest absolute Gasteiger partial charge is 0.399 e. The fraction of sp³-hybridized carbons (Fsp3) is 0.188. The van der Waals surface area contributed by atoms with Crippen molar-refractivity contribution in [2.45, 2.75) is 13.0 Å². The third kappa shape index (κ3) is 3.82. The maximum atomic E-state index is 12.8. The van der Waals surface area contributed by atoms with E-state index in [1.54, 1.807) is 24.1 Å². The second kappa shape index (κ2) is 6.19. The Kier molecular flexibility index (Phi) is 4.35. The van der Waals surface area contributed by atoms with Crippen LogP contribution in [0.1, 0.15) is 11.1 Å². The Hall–Kier alpha value is -2.36. The summed E-state index contributed by atoms with van der Waals surface area (Å²) in [6, 6.07) is 13.4. The molecule has 1 amide bonds. The van der Waals surface area contributed by atoms with Crippen molar-refractivity contribution < 1.29 is 9.18 Å². The Labute approximate surface area is 117 Å². The van der Waals surface area contributed by atoms with Gasteiger partial charge in [-0.05, 0) is 35.4 Å². The van der Waals surface area contributed by atoms with Crippen LogP contribution in [0.3, 0.4) is 0 Å². The van der Waals surface area contributed by atoms with Gasteiger partial charge in [-0.15, -0.1) is 0 Å². The second-order valence-electron chi connectivity index (χ2n) is 4.80. The van der Waals surface area contributed by atoms with Gasteiger partial charge in [-0.3, -0.25) is 4.79 Å². The first-order valence-corrected chi connectivity index (χ1v) is 6.37. The highest BCUT2D eigenvalue weighted by Crippen LogP contribution is 2.10. The van der Waals surface area contributed by atoms with Crippen LogP contribution in [-0.2, 0) is 17.8 Å². The molecule has 0 aromatic heterocycles. The summed E-state index contributed by atoms with van der Waals surface area (Å²) >= 11 is 0. The first-order chi connectivity index (χ1) is 9.54. The molecule has 2 aromatic carbocycles. The standard InChI is InChI=1S/C16H17FN2O/c1-19(11-13-3-2-4-15(18)9-13)16(20)10-12-5-7-14(17)8-6-12/h2-9H,10-11,18H2,1H3. The van der Waals surface area contributed by atoms with E-state index in [2.05, 4.69) is 0 Å². The normalized spacial score (nSPS) is 10.3. The first kappa shape index (κ1) is 14.1. The maximum Gasteiger partial charge on any atom is 0.227 e. The molecule has 0 bridgehead atoms. The van der Waals surface area contributed by atoms with E-state index in [-0.39, 0.29) is 18.1 Å². The Morgan fingerprint density at radius 1 is 1.15 bits per heavy atom. The number of nitrogens with zero attached hydrogens (tertiary/aromatic N) is 1. The summed E-state index contributed by atoms with van der Waals surface area (Å²) in [6.45, 7) is 0.505. The molecule has 0 spiro atoms. The average Bonchev–Trinajstić information content (AvgIpc) is 2.41. The second-order valence-corrected chi connectivity index (χ2v) is 4.80. The molecule has 3 nitrogen and oxygen atoms in total. The number of anilines is 1. The summed E-state index contributed by atoms with van der Waals surface area (Å²) in [5, 5.41) is 0. The maximum absolute atomic E-state index is 12.8. The molecule has 2 N–H and O–H groups in total. The molecule has 2 rings (SSSR count). The molecule has 0 aliphatic heterocycles. The topological polar surface area (TPSA) is 46.3 Å². The van der Waals surface area contributed by atoms with Crippen molar-refractivity contribution in [3.63, 3.8) is 0 Å². The lowest BCUT2D eigenvalue weighted by atomic mass is 10.1. The molecule has 0 aliphatic carbocycles. The van der Waals surface area contributed by atoms with E-state index >= 15 is 0 Å². The molecule has 0 unspecified atom stereocenters. The average molecular weight is 272 g/mol. The third-order valence-electron chi connectivity index (χ3n) is 3.07. The minimum atomic E-state index is -0.297. The number of nitrogen functional groups attached to an aromatic ring is 1. The summed E-state index contributed by atoms with van der Waals surface area (Å²) in [5.74, 6) is -0.312. The van der Waals surface area contributed by atoms with E-state index in [0.29, 0.717) is 12.2 Å². The molecule has 0 radical (unpaired) electrons. The third-order valence-corrected chi connectivity index (χ3v) is 3.07. The Morgan fingerprint density at radius 3 is 2.50 bits per heavy atom. The smallest absolute Gasteiger partial charge is 0.227 e. The van der Waals surface area contributed by atoms with E-state index < -0.39 is 0 Å². The van der Waals surface area contributed by atoms with Gasteiger partial charge in [0.25, 0.3) is 0 Å². The highest BCUT2D eigenvalue weighted by Gasteiger charge is 2.10. The van der Waals surface area contributed by atoms with Gasteiger partial charge in [-0.2, -0.15) is 0 Å². The highest BCUT2D eigenvalue weighted by molar-refractivity contribution is 5.78. The predicted octanol–water partition coefficient (Wildman–Crippen LogP) is 2.61. The van der Waals surface area contributed by atoms with Crippen LogP contribution < -0.4 is 5.73 Å². The summed E-state index contributed by atoms with van der Waals surface area (Å²) in [4.78, 5) is 13.7. The fourth-order valence-electron chi connectivity index (χ4n) is 1.97. The lowest BCUT2D eigenvalue weighted by Crippen LogP contribution is -2.27. The first-order valence-electron chi connectivity index (χ1n) is 6.37. The molecule has 2 aromatic rings. The van der Waals surface area contributed by atoms with Crippen molar-refractivity contribution in [2.24, 2.45) is 0 Å². The predicted molar refractivity (Wildman–Crippen MR) is 77.4 cm³/mol. The van der Waals surface area contributed by atoms with Gasteiger partial charge in [-0.1, -0.05) is 24.3 Å². The number of rotatable bonds is 4. The van der Waals surface area contributed by atoms with Gasteiger partial charge in [0.1, 0.15) is 5.82 Å². The molecule has 0 aliphatic rings. The van der Waals surface area contributed by atoms with Crippen molar-refractivity contribution >= 4 is 11.6 Å². The van der Waals surface area contributed by atoms with Crippen LogP contribution in [0.4, 0.5) is 10.1 Å². The van der Waals surface area contributed by atoms with E-state index in [4.69, 9.17) is 5.73 Å². The zero-order chi connectivity index (χ0) is 14.5. The molecule has 0 saturated carbocycles. The minimum Gasteiger partial charge on any atom is -0.399 e. The molecule has 0 fully saturated rings. The van der Waals surface area contributed by atoms with Crippen LogP contribution in [0.5, 0.6) is 0 Å². The van der Waals surface area contributed by atoms with Gasteiger partial charge in [0, 0.05) is 19.3 Å². The monoisotopic (exact) mass is 272 g/mol. The molecular weight excluding hydrogens is 255 g/mol. The summed E-state index contributed by atoms with van der Waals surface area (Å²) < 4.78 is 12.8. The molecule has 20 heavy (non-hydrogen) atoms. The number of carbonyl (C=O) groups excluding carboxylic acids is 1. The van der Waals surface area contributed by atoms with Crippen molar-refractivity contribution in [3.05, 3.63) is 65.5 Å². The number of likely N-dealkylation sites (N-methyl/N-ethyl adjacent to an activating group) is 1.